The van der Waals surface area contributed by atoms with E-state index in [1.165, 1.54) is 24.3 Å². The van der Waals surface area contributed by atoms with Gasteiger partial charge in [-0.25, -0.2) is 9.18 Å². The average molecular weight is 454 g/mol. The Bertz CT molecular complexity index is 1140. The fourth-order valence-corrected chi connectivity index (χ4v) is 5.23. The van der Waals surface area contributed by atoms with E-state index in [0.717, 1.165) is 26.4 Å². The number of hydrogen-bond acceptors (Lipinski definition) is 4. The summed E-state index contributed by atoms with van der Waals surface area (Å²) < 4.78 is 19.1. The minimum Gasteiger partial charge on any atom is -0.478 e. The normalized spacial score (nSPS) is 13.9. The second kappa shape index (κ2) is 9.63. The van der Waals surface area contributed by atoms with Gasteiger partial charge in [0.25, 0.3) is 5.91 Å². The van der Waals surface area contributed by atoms with Crippen LogP contribution in [0.25, 0.3) is 0 Å². The van der Waals surface area contributed by atoms with Crippen LogP contribution in [0.1, 0.15) is 60.1 Å². The maximum Gasteiger partial charge on any atom is 0.335 e. The molecule has 0 spiro atoms. The van der Waals surface area contributed by atoms with Gasteiger partial charge in [0, 0.05) is 9.75 Å². The maximum atomic E-state index is 13.5. The number of benzene rings is 2. The second-order valence-electron chi connectivity index (χ2n) is 7.86. The highest BCUT2D eigenvalue weighted by Gasteiger charge is 2.26. The summed E-state index contributed by atoms with van der Waals surface area (Å²) in [6, 6.07) is 12.8. The van der Waals surface area contributed by atoms with Gasteiger partial charge in [-0.3, -0.25) is 4.79 Å². The number of carboxylic acid groups (broad SMARTS) is 1. The van der Waals surface area contributed by atoms with E-state index in [9.17, 15) is 14.0 Å². The van der Waals surface area contributed by atoms with Crippen LogP contribution in [0.4, 0.5) is 4.39 Å². The highest BCUT2D eigenvalue weighted by molar-refractivity contribution is 7.12. The number of aromatic carboxylic acids is 1. The van der Waals surface area contributed by atoms with Gasteiger partial charge in [-0.1, -0.05) is 24.3 Å². The monoisotopic (exact) mass is 453 g/mol. The molecule has 1 aliphatic heterocycles. The number of nitrogens with one attached hydrogen (secondary N) is 1. The lowest BCUT2D eigenvalue weighted by Gasteiger charge is -2.17. The van der Waals surface area contributed by atoms with E-state index in [4.69, 9.17) is 9.84 Å². The van der Waals surface area contributed by atoms with Crippen LogP contribution >= 0.6 is 11.3 Å². The zero-order valence-electron chi connectivity index (χ0n) is 17.7. The fraction of sp³-hybridized carbons (Fsp3) is 0.280. The molecule has 2 aromatic carbocycles. The summed E-state index contributed by atoms with van der Waals surface area (Å²) in [5, 5.41) is 12.1. The number of hydrogen-bond donors (Lipinski definition) is 2. The van der Waals surface area contributed by atoms with E-state index in [0.29, 0.717) is 38.0 Å². The molecule has 0 fully saturated rings. The van der Waals surface area contributed by atoms with Gasteiger partial charge in [-0.2, -0.15) is 0 Å². The summed E-state index contributed by atoms with van der Waals surface area (Å²) in [7, 11) is 0. The van der Waals surface area contributed by atoms with E-state index in [1.807, 2.05) is 13.0 Å². The third-order valence-corrected chi connectivity index (χ3v) is 6.92. The molecule has 0 saturated carbocycles. The molecule has 1 unspecified atom stereocenters. The largest absolute Gasteiger partial charge is 0.478 e. The smallest absolute Gasteiger partial charge is 0.335 e. The SMILES string of the molecule is CC(NC(=O)c1c(CCc2cccc(F)c2)sc2c1CCOC2)c1ccc(C(=O)O)cc1. The van der Waals surface area contributed by atoms with E-state index in [1.54, 1.807) is 29.5 Å². The van der Waals surface area contributed by atoms with Crippen LogP contribution in [0.5, 0.6) is 0 Å². The molecule has 4 rings (SSSR count). The van der Waals surface area contributed by atoms with Crippen molar-refractivity contribution in [3.05, 3.63) is 91.9 Å². The number of thiophene rings is 1. The zero-order valence-corrected chi connectivity index (χ0v) is 18.5. The average Bonchev–Trinajstić information content (AvgIpc) is 3.16. The van der Waals surface area contributed by atoms with Crippen LogP contribution < -0.4 is 5.32 Å². The number of carboxylic acids is 1. The number of aryl methyl sites for hydroxylation is 2. The van der Waals surface area contributed by atoms with Crippen molar-refractivity contribution >= 4 is 23.2 Å². The summed E-state index contributed by atoms with van der Waals surface area (Å²) in [5.41, 5.74) is 3.68. The number of halogens is 1. The Morgan fingerprint density at radius 1 is 1.19 bits per heavy atom. The van der Waals surface area contributed by atoms with Gasteiger partial charge < -0.3 is 15.2 Å². The predicted octanol–water partition coefficient (Wildman–Crippen LogP) is 4.93. The van der Waals surface area contributed by atoms with E-state index >= 15 is 0 Å². The van der Waals surface area contributed by atoms with Gasteiger partial charge in [-0.05, 0) is 67.1 Å². The first-order valence-corrected chi connectivity index (χ1v) is 11.3. The van der Waals surface area contributed by atoms with Crippen LogP contribution in [0, 0.1) is 5.82 Å². The molecule has 7 heteroatoms. The van der Waals surface area contributed by atoms with Gasteiger partial charge in [0.2, 0.25) is 0 Å². The molecule has 32 heavy (non-hydrogen) atoms. The van der Waals surface area contributed by atoms with Crippen LogP contribution in [0.15, 0.2) is 48.5 Å². The minimum absolute atomic E-state index is 0.145. The highest BCUT2D eigenvalue weighted by Crippen LogP contribution is 2.34. The summed E-state index contributed by atoms with van der Waals surface area (Å²) in [4.78, 5) is 26.5. The molecular formula is C25H24FNO4S. The fourth-order valence-electron chi connectivity index (χ4n) is 3.95. The van der Waals surface area contributed by atoms with Crippen molar-refractivity contribution in [3.63, 3.8) is 0 Å². The Morgan fingerprint density at radius 3 is 2.69 bits per heavy atom. The Hall–Kier alpha value is -3.03. The van der Waals surface area contributed by atoms with Crippen molar-refractivity contribution in [2.24, 2.45) is 0 Å². The molecule has 1 aromatic heterocycles. The number of carbonyl (C=O) groups is 2. The van der Waals surface area contributed by atoms with Gasteiger partial charge in [0.15, 0.2) is 0 Å². The molecule has 0 radical (unpaired) electrons. The number of rotatable bonds is 7. The number of ether oxygens (including phenoxy) is 1. The molecule has 0 bridgehead atoms. The summed E-state index contributed by atoms with van der Waals surface area (Å²) in [6.45, 7) is 2.97. The van der Waals surface area contributed by atoms with E-state index in [2.05, 4.69) is 5.32 Å². The zero-order chi connectivity index (χ0) is 22.7. The molecule has 1 atom stereocenters. The Labute approximate surface area is 189 Å². The van der Waals surface area contributed by atoms with Gasteiger partial charge in [-0.15, -0.1) is 11.3 Å². The lowest BCUT2D eigenvalue weighted by atomic mass is 9.99. The summed E-state index contributed by atoms with van der Waals surface area (Å²) in [5.74, 6) is -1.39. The molecular weight excluding hydrogens is 429 g/mol. The van der Waals surface area contributed by atoms with Crippen molar-refractivity contribution in [1.82, 2.24) is 5.32 Å². The molecule has 0 aliphatic carbocycles. The predicted molar refractivity (Wildman–Crippen MR) is 121 cm³/mol. The first kappa shape index (κ1) is 22.2. The Balaban J connectivity index is 1.54. The Kier molecular flexibility index (Phi) is 6.67. The third kappa shape index (κ3) is 4.89. The first-order valence-electron chi connectivity index (χ1n) is 10.5. The molecule has 5 nitrogen and oxygen atoms in total. The number of amides is 1. The molecule has 0 saturated heterocycles. The van der Waals surface area contributed by atoms with E-state index in [-0.39, 0.29) is 23.3 Å². The van der Waals surface area contributed by atoms with Crippen LogP contribution in [-0.2, 0) is 30.6 Å². The molecule has 1 aliphatic rings. The quantitative estimate of drug-likeness (QED) is 0.532. The maximum absolute atomic E-state index is 13.5. The van der Waals surface area contributed by atoms with Crippen molar-refractivity contribution < 1.29 is 23.8 Å². The van der Waals surface area contributed by atoms with Crippen molar-refractivity contribution in [3.8, 4) is 0 Å². The number of carbonyl (C=O) groups excluding carboxylic acids is 1. The van der Waals surface area contributed by atoms with Gasteiger partial charge in [0.1, 0.15) is 5.82 Å². The third-order valence-electron chi connectivity index (χ3n) is 5.66. The topological polar surface area (TPSA) is 75.6 Å². The van der Waals surface area contributed by atoms with Crippen LogP contribution in [0.2, 0.25) is 0 Å². The summed E-state index contributed by atoms with van der Waals surface area (Å²) in [6.07, 6.45) is 1.98. The van der Waals surface area contributed by atoms with Crippen molar-refractivity contribution in [2.45, 2.75) is 38.8 Å². The first-order chi connectivity index (χ1) is 15.4. The molecule has 1 amide bonds. The molecule has 2 heterocycles. The van der Waals surface area contributed by atoms with Gasteiger partial charge >= 0.3 is 5.97 Å². The van der Waals surface area contributed by atoms with Crippen molar-refractivity contribution in [1.29, 1.82) is 0 Å². The van der Waals surface area contributed by atoms with Crippen LogP contribution in [0.3, 0.4) is 0 Å². The lowest BCUT2D eigenvalue weighted by Crippen LogP contribution is -2.28. The molecule has 2 N–H and O–H groups in total. The molecule has 3 aromatic rings. The summed E-state index contributed by atoms with van der Waals surface area (Å²) >= 11 is 1.60. The minimum atomic E-state index is -0.983. The van der Waals surface area contributed by atoms with Gasteiger partial charge in [0.05, 0.1) is 30.4 Å². The van der Waals surface area contributed by atoms with Crippen LogP contribution in [-0.4, -0.2) is 23.6 Å². The van der Waals surface area contributed by atoms with E-state index < -0.39 is 5.97 Å². The Morgan fingerprint density at radius 2 is 1.97 bits per heavy atom. The second-order valence-corrected chi connectivity index (χ2v) is 9.05. The van der Waals surface area contributed by atoms with Crippen molar-refractivity contribution in [2.75, 3.05) is 6.61 Å². The highest BCUT2D eigenvalue weighted by atomic mass is 32.1. The number of fused-ring (bicyclic) bond motifs is 1. The standard InChI is InChI=1S/C25H24FNO4S/c1-15(17-6-8-18(9-7-17)25(29)30)27-24(28)23-20-11-12-31-14-22(20)32-21(23)10-5-16-3-2-4-19(26)13-16/h2-4,6-9,13,15H,5,10-12,14H2,1H3,(H,27,28)(H,29,30). The molecule has 166 valence electrons. The lowest BCUT2D eigenvalue weighted by molar-refractivity contribution is 0.0696.